The zero-order valence-corrected chi connectivity index (χ0v) is 12.4. The predicted molar refractivity (Wildman–Crippen MR) is 78.5 cm³/mol. The number of amides is 1. The van der Waals surface area contributed by atoms with Crippen LogP contribution < -0.4 is 5.32 Å². The van der Waals surface area contributed by atoms with Crippen LogP contribution in [0.15, 0.2) is 30.3 Å². The van der Waals surface area contributed by atoms with Gasteiger partial charge in [0.15, 0.2) is 0 Å². The van der Waals surface area contributed by atoms with E-state index < -0.39 is 11.7 Å². The molecule has 1 N–H and O–H groups in total. The highest BCUT2D eigenvalue weighted by Gasteiger charge is 2.12. The van der Waals surface area contributed by atoms with Crippen LogP contribution in [-0.2, 0) is 6.54 Å². The maximum atomic E-state index is 13.6. The first-order valence-corrected chi connectivity index (χ1v) is 6.75. The molecular formula is C16H14ClF2NO. The highest BCUT2D eigenvalue weighted by Crippen LogP contribution is 2.16. The van der Waals surface area contributed by atoms with Crippen molar-refractivity contribution >= 4 is 17.5 Å². The number of halogens is 3. The van der Waals surface area contributed by atoms with Gasteiger partial charge < -0.3 is 5.32 Å². The highest BCUT2D eigenvalue weighted by atomic mass is 35.5. The molecule has 0 aliphatic rings. The summed E-state index contributed by atoms with van der Waals surface area (Å²) in [5, 5.41) is 2.88. The molecule has 0 fully saturated rings. The summed E-state index contributed by atoms with van der Waals surface area (Å²) in [6.45, 7) is 3.50. The summed E-state index contributed by atoms with van der Waals surface area (Å²) < 4.78 is 27.1. The molecule has 2 rings (SSSR count). The maximum absolute atomic E-state index is 13.6. The topological polar surface area (TPSA) is 29.1 Å². The number of hydrogen-bond acceptors (Lipinski definition) is 1. The van der Waals surface area contributed by atoms with Gasteiger partial charge in [0.1, 0.15) is 11.6 Å². The summed E-state index contributed by atoms with van der Waals surface area (Å²) in [4.78, 5) is 11.9. The van der Waals surface area contributed by atoms with E-state index in [1.807, 2.05) is 0 Å². The normalized spacial score (nSPS) is 10.5. The molecule has 2 aromatic rings. The fraction of sp³-hybridized carbons (Fsp3) is 0.188. The van der Waals surface area contributed by atoms with E-state index in [-0.39, 0.29) is 22.9 Å². The van der Waals surface area contributed by atoms with Crippen LogP contribution in [0.1, 0.15) is 27.0 Å². The maximum Gasteiger partial charge on any atom is 0.254 e. The summed E-state index contributed by atoms with van der Waals surface area (Å²) in [5.41, 5.74) is 1.65. The zero-order valence-electron chi connectivity index (χ0n) is 11.6. The van der Waals surface area contributed by atoms with Gasteiger partial charge in [-0.1, -0.05) is 23.7 Å². The van der Waals surface area contributed by atoms with Crippen molar-refractivity contribution in [1.29, 1.82) is 0 Å². The molecule has 0 heterocycles. The third kappa shape index (κ3) is 3.58. The molecule has 0 bridgehead atoms. The molecule has 0 aliphatic heterocycles. The summed E-state index contributed by atoms with van der Waals surface area (Å²) >= 11 is 5.75. The van der Waals surface area contributed by atoms with Gasteiger partial charge in [-0.2, -0.15) is 0 Å². The zero-order chi connectivity index (χ0) is 15.6. The summed E-state index contributed by atoms with van der Waals surface area (Å²) in [6.07, 6.45) is 0. The van der Waals surface area contributed by atoms with Crippen molar-refractivity contribution in [2.45, 2.75) is 20.4 Å². The first kappa shape index (κ1) is 15.4. The second-order valence-corrected chi connectivity index (χ2v) is 5.29. The molecule has 0 aliphatic carbocycles. The average Bonchev–Trinajstić information content (AvgIpc) is 2.44. The van der Waals surface area contributed by atoms with Crippen LogP contribution in [0.3, 0.4) is 0 Å². The first-order chi connectivity index (χ1) is 9.88. The van der Waals surface area contributed by atoms with Crippen molar-refractivity contribution in [3.8, 4) is 0 Å². The molecule has 5 heteroatoms. The van der Waals surface area contributed by atoms with E-state index in [4.69, 9.17) is 11.6 Å². The van der Waals surface area contributed by atoms with Gasteiger partial charge in [-0.15, -0.1) is 0 Å². The molecule has 2 nitrogen and oxygen atoms in total. The van der Waals surface area contributed by atoms with Gasteiger partial charge in [-0.25, -0.2) is 8.78 Å². The second-order valence-electron chi connectivity index (χ2n) is 4.85. The van der Waals surface area contributed by atoms with Crippen molar-refractivity contribution in [3.63, 3.8) is 0 Å². The second kappa shape index (κ2) is 6.22. The number of hydrogen-bond donors (Lipinski definition) is 1. The Hall–Kier alpha value is -1.94. The molecule has 0 saturated carbocycles. The van der Waals surface area contributed by atoms with Crippen LogP contribution in [0.5, 0.6) is 0 Å². The monoisotopic (exact) mass is 309 g/mol. The fourth-order valence-corrected chi connectivity index (χ4v) is 2.26. The van der Waals surface area contributed by atoms with Gasteiger partial charge in [-0.05, 0) is 48.7 Å². The van der Waals surface area contributed by atoms with Gasteiger partial charge in [0.25, 0.3) is 5.91 Å². The molecule has 1 amide bonds. The third-order valence-corrected chi connectivity index (χ3v) is 3.36. The van der Waals surface area contributed by atoms with Crippen molar-refractivity contribution in [2.24, 2.45) is 0 Å². The summed E-state index contributed by atoms with van der Waals surface area (Å²) in [5.74, 6) is -1.45. The van der Waals surface area contributed by atoms with Crippen molar-refractivity contribution in [1.82, 2.24) is 5.32 Å². The Labute approximate surface area is 126 Å². The molecule has 2 aromatic carbocycles. The molecular weight excluding hydrogens is 296 g/mol. The van der Waals surface area contributed by atoms with E-state index >= 15 is 0 Å². The van der Waals surface area contributed by atoms with Crippen molar-refractivity contribution < 1.29 is 13.6 Å². The van der Waals surface area contributed by atoms with E-state index in [9.17, 15) is 13.6 Å². The van der Waals surface area contributed by atoms with E-state index in [0.29, 0.717) is 11.1 Å². The number of rotatable bonds is 3. The average molecular weight is 310 g/mol. The van der Waals surface area contributed by atoms with E-state index in [1.54, 1.807) is 26.0 Å². The molecule has 0 saturated heterocycles. The van der Waals surface area contributed by atoms with Crippen LogP contribution in [0.2, 0.25) is 5.02 Å². The van der Waals surface area contributed by atoms with Gasteiger partial charge >= 0.3 is 0 Å². The minimum atomic E-state index is -0.636. The quantitative estimate of drug-likeness (QED) is 0.906. The number of benzene rings is 2. The van der Waals surface area contributed by atoms with E-state index in [0.717, 1.165) is 11.6 Å². The minimum absolute atomic E-state index is 0.113. The summed E-state index contributed by atoms with van der Waals surface area (Å²) in [6, 6.07) is 7.09. The molecule has 0 spiro atoms. The van der Waals surface area contributed by atoms with Crippen molar-refractivity contribution in [2.75, 3.05) is 0 Å². The molecule has 0 unspecified atom stereocenters. The standard InChI is InChI=1S/C16H14ClF2NO/c1-9-5-11(6-10(2)15(9)19)8-20-16(21)13-7-12(17)3-4-14(13)18/h3-7H,8H2,1-2H3,(H,20,21). The fourth-order valence-electron chi connectivity index (χ4n) is 2.09. The lowest BCUT2D eigenvalue weighted by molar-refractivity contribution is 0.0947. The Kier molecular flexibility index (Phi) is 4.58. The van der Waals surface area contributed by atoms with Crippen LogP contribution >= 0.6 is 11.6 Å². The SMILES string of the molecule is Cc1cc(CNC(=O)c2cc(Cl)ccc2F)cc(C)c1F. The Morgan fingerprint density at radius 1 is 1.14 bits per heavy atom. The number of carbonyl (C=O) groups is 1. The molecule has 21 heavy (non-hydrogen) atoms. The number of aryl methyl sites for hydroxylation is 2. The van der Waals surface area contributed by atoms with Crippen LogP contribution in [-0.4, -0.2) is 5.91 Å². The third-order valence-electron chi connectivity index (χ3n) is 3.12. The Balaban J connectivity index is 2.13. The lowest BCUT2D eigenvalue weighted by atomic mass is 10.1. The lowest BCUT2D eigenvalue weighted by Gasteiger charge is -2.09. The Bertz CT molecular complexity index is 678. The van der Waals surface area contributed by atoms with Gasteiger partial charge in [0.2, 0.25) is 0 Å². The molecule has 0 radical (unpaired) electrons. The lowest BCUT2D eigenvalue weighted by Crippen LogP contribution is -2.24. The number of carbonyl (C=O) groups excluding carboxylic acids is 1. The van der Waals surface area contributed by atoms with E-state index in [1.165, 1.54) is 12.1 Å². The number of nitrogens with one attached hydrogen (secondary N) is 1. The van der Waals surface area contributed by atoms with Gasteiger partial charge in [-0.3, -0.25) is 4.79 Å². The van der Waals surface area contributed by atoms with E-state index in [2.05, 4.69) is 5.32 Å². The molecule has 0 atom stereocenters. The Morgan fingerprint density at radius 2 is 1.76 bits per heavy atom. The highest BCUT2D eigenvalue weighted by molar-refractivity contribution is 6.30. The Morgan fingerprint density at radius 3 is 2.38 bits per heavy atom. The van der Waals surface area contributed by atoms with Crippen LogP contribution in [0.25, 0.3) is 0 Å². The largest absolute Gasteiger partial charge is 0.348 e. The van der Waals surface area contributed by atoms with Crippen molar-refractivity contribution in [3.05, 3.63) is 69.2 Å². The molecule has 110 valence electrons. The van der Waals surface area contributed by atoms with Crippen LogP contribution in [0, 0.1) is 25.5 Å². The smallest absolute Gasteiger partial charge is 0.254 e. The summed E-state index contributed by atoms with van der Waals surface area (Å²) in [7, 11) is 0. The van der Waals surface area contributed by atoms with Gasteiger partial charge in [0, 0.05) is 11.6 Å². The first-order valence-electron chi connectivity index (χ1n) is 6.37. The van der Waals surface area contributed by atoms with Gasteiger partial charge in [0.05, 0.1) is 5.56 Å². The van der Waals surface area contributed by atoms with Crippen LogP contribution in [0.4, 0.5) is 8.78 Å². The predicted octanol–water partition coefficient (Wildman–Crippen LogP) is 4.17. The minimum Gasteiger partial charge on any atom is -0.348 e. The molecule has 0 aromatic heterocycles.